The molecule has 0 bridgehead atoms. The molecule has 0 aromatic rings. The van der Waals surface area contributed by atoms with E-state index in [1.165, 1.54) is 6.08 Å². The Bertz CT molecular complexity index is 326. The molecule has 0 fully saturated rings. The molecule has 0 aromatic carbocycles. The summed E-state index contributed by atoms with van der Waals surface area (Å²) in [4.78, 5) is 11.2. The van der Waals surface area contributed by atoms with Gasteiger partial charge >= 0.3 is 5.97 Å². The minimum absolute atomic E-state index is 0.262. The summed E-state index contributed by atoms with van der Waals surface area (Å²) in [6.07, 6.45) is 7.31. The zero-order valence-electron chi connectivity index (χ0n) is 10.6. The lowest BCUT2D eigenvalue weighted by atomic mass is 10.1. The van der Waals surface area contributed by atoms with E-state index in [2.05, 4.69) is 0 Å². The molecule has 0 saturated heterocycles. The smallest absolute Gasteiger partial charge is 0.337 e. The maximum Gasteiger partial charge on any atom is 0.337 e. The SMILES string of the molecule is C[C@@H](O)CCC/C=C/C1=CC(=O)OC(C)(C)O1. The molecule has 1 rings (SSSR count). The topological polar surface area (TPSA) is 55.8 Å². The number of rotatable bonds is 5. The molecule has 4 heteroatoms. The Balaban J connectivity index is 2.40. The van der Waals surface area contributed by atoms with Crippen LogP contribution in [-0.2, 0) is 14.3 Å². The van der Waals surface area contributed by atoms with Gasteiger partial charge in [-0.25, -0.2) is 4.79 Å². The minimum atomic E-state index is -0.898. The Labute approximate surface area is 102 Å². The summed E-state index contributed by atoms with van der Waals surface area (Å²) in [5, 5.41) is 9.08. The average Bonchev–Trinajstić information content (AvgIpc) is 2.13. The molecule has 0 radical (unpaired) electrons. The lowest BCUT2D eigenvalue weighted by Crippen LogP contribution is -2.33. The van der Waals surface area contributed by atoms with Crippen molar-refractivity contribution >= 4 is 5.97 Å². The third-order valence-corrected chi connectivity index (χ3v) is 2.24. The third-order valence-electron chi connectivity index (χ3n) is 2.24. The van der Waals surface area contributed by atoms with Crippen LogP contribution in [0.1, 0.15) is 40.0 Å². The van der Waals surface area contributed by atoms with Crippen molar-refractivity contribution in [1.29, 1.82) is 0 Å². The van der Waals surface area contributed by atoms with Gasteiger partial charge in [-0.05, 0) is 32.3 Å². The van der Waals surface area contributed by atoms with E-state index in [9.17, 15) is 4.79 Å². The second-order valence-corrected chi connectivity index (χ2v) is 4.65. The van der Waals surface area contributed by atoms with Gasteiger partial charge < -0.3 is 14.6 Å². The van der Waals surface area contributed by atoms with Crippen LogP contribution in [0.4, 0.5) is 0 Å². The lowest BCUT2D eigenvalue weighted by molar-refractivity contribution is -0.203. The molecule has 17 heavy (non-hydrogen) atoms. The number of aliphatic hydroxyl groups excluding tert-OH is 1. The van der Waals surface area contributed by atoms with E-state index in [4.69, 9.17) is 14.6 Å². The summed E-state index contributed by atoms with van der Waals surface area (Å²) in [6, 6.07) is 0. The molecule has 0 unspecified atom stereocenters. The van der Waals surface area contributed by atoms with Crippen molar-refractivity contribution in [1.82, 2.24) is 0 Å². The Morgan fingerprint density at radius 2 is 2.18 bits per heavy atom. The number of allylic oxidation sites excluding steroid dienone is 2. The predicted octanol–water partition coefficient (Wildman–Crippen LogP) is 2.29. The molecular formula is C13H20O4. The Morgan fingerprint density at radius 3 is 2.76 bits per heavy atom. The van der Waals surface area contributed by atoms with Crippen LogP contribution in [0, 0.1) is 0 Å². The quantitative estimate of drug-likeness (QED) is 0.591. The van der Waals surface area contributed by atoms with Gasteiger partial charge in [0.05, 0.1) is 12.2 Å². The number of hydrogen-bond acceptors (Lipinski definition) is 4. The molecule has 0 spiro atoms. The number of aliphatic hydroxyl groups is 1. The highest BCUT2D eigenvalue weighted by molar-refractivity contribution is 5.83. The van der Waals surface area contributed by atoms with Crippen LogP contribution in [-0.4, -0.2) is 23.0 Å². The number of cyclic esters (lactones) is 1. The molecule has 0 aromatic heterocycles. The zero-order chi connectivity index (χ0) is 12.9. The van der Waals surface area contributed by atoms with Gasteiger partial charge in [-0.2, -0.15) is 0 Å². The van der Waals surface area contributed by atoms with E-state index in [1.54, 1.807) is 26.8 Å². The van der Waals surface area contributed by atoms with E-state index < -0.39 is 5.79 Å². The van der Waals surface area contributed by atoms with E-state index in [1.807, 2.05) is 6.08 Å². The number of hydrogen-bond donors (Lipinski definition) is 1. The van der Waals surface area contributed by atoms with E-state index in [0.717, 1.165) is 19.3 Å². The van der Waals surface area contributed by atoms with Crippen molar-refractivity contribution in [3.05, 3.63) is 24.0 Å². The van der Waals surface area contributed by atoms with Gasteiger partial charge in [0, 0.05) is 13.8 Å². The fourth-order valence-electron chi connectivity index (χ4n) is 1.53. The highest BCUT2D eigenvalue weighted by Gasteiger charge is 2.28. The van der Waals surface area contributed by atoms with E-state index in [-0.39, 0.29) is 12.1 Å². The first-order valence-electron chi connectivity index (χ1n) is 5.87. The van der Waals surface area contributed by atoms with Crippen LogP contribution >= 0.6 is 0 Å². The third kappa shape index (κ3) is 5.54. The number of ether oxygens (including phenoxy) is 2. The van der Waals surface area contributed by atoms with Gasteiger partial charge in [-0.1, -0.05) is 6.08 Å². The second kappa shape index (κ2) is 5.87. The summed E-state index contributed by atoms with van der Waals surface area (Å²) in [5.74, 6) is -0.765. The molecule has 0 amide bonds. The number of unbranched alkanes of at least 4 members (excludes halogenated alkanes) is 1. The fourth-order valence-corrected chi connectivity index (χ4v) is 1.53. The Kier molecular flexibility index (Phi) is 4.75. The molecule has 1 N–H and O–H groups in total. The van der Waals surface area contributed by atoms with E-state index >= 15 is 0 Å². The maximum absolute atomic E-state index is 11.2. The standard InChI is InChI=1S/C13H20O4/c1-10(14)7-5-4-6-8-11-9-12(15)17-13(2,3)16-11/h6,8-10,14H,4-5,7H2,1-3H3/b8-6+/t10-/m1/s1. The highest BCUT2D eigenvalue weighted by atomic mass is 16.7. The summed E-state index contributed by atoms with van der Waals surface area (Å²) in [6.45, 7) is 5.16. The van der Waals surface area contributed by atoms with Gasteiger partial charge in [0.1, 0.15) is 5.76 Å². The van der Waals surface area contributed by atoms with Crippen molar-refractivity contribution in [2.45, 2.75) is 51.9 Å². The summed E-state index contributed by atoms with van der Waals surface area (Å²) < 4.78 is 10.4. The van der Waals surface area contributed by atoms with Crippen LogP contribution < -0.4 is 0 Å². The summed E-state index contributed by atoms with van der Waals surface area (Å²) >= 11 is 0. The normalized spacial score (nSPS) is 20.7. The van der Waals surface area contributed by atoms with Crippen molar-refractivity contribution in [2.24, 2.45) is 0 Å². The number of carbonyl (C=O) groups excluding carboxylic acids is 1. The molecule has 0 aliphatic carbocycles. The molecule has 1 heterocycles. The van der Waals surface area contributed by atoms with Crippen LogP contribution in [0.25, 0.3) is 0 Å². The lowest BCUT2D eigenvalue weighted by Gasteiger charge is -2.29. The number of esters is 1. The van der Waals surface area contributed by atoms with Crippen molar-refractivity contribution in [3.8, 4) is 0 Å². The molecule has 1 atom stereocenters. The first kappa shape index (κ1) is 13.8. The van der Waals surface area contributed by atoms with Gasteiger partial charge in [-0.15, -0.1) is 0 Å². The Hall–Kier alpha value is -1.29. The molecule has 0 saturated carbocycles. The highest BCUT2D eigenvalue weighted by Crippen LogP contribution is 2.22. The maximum atomic E-state index is 11.2. The zero-order valence-corrected chi connectivity index (χ0v) is 10.6. The Morgan fingerprint density at radius 1 is 1.47 bits per heavy atom. The monoisotopic (exact) mass is 240 g/mol. The van der Waals surface area contributed by atoms with Gasteiger partial charge in [0.15, 0.2) is 0 Å². The molecule has 1 aliphatic heterocycles. The largest absolute Gasteiger partial charge is 0.453 e. The predicted molar refractivity (Wildman–Crippen MR) is 64.0 cm³/mol. The molecule has 1 aliphatic rings. The molecular weight excluding hydrogens is 220 g/mol. The van der Waals surface area contributed by atoms with Crippen molar-refractivity contribution < 1.29 is 19.4 Å². The average molecular weight is 240 g/mol. The fraction of sp³-hybridized carbons (Fsp3) is 0.615. The number of carbonyl (C=O) groups is 1. The van der Waals surface area contributed by atoms with Crippen LogP contribution in [0.5, 0.6) is 0 Å². The van der Waals surface area contributed by atoms with Crippen LogP contribution in [0.3, 0.4) is 0 Å². The van der Waals surface area contributed by atoms with Gasteiger partial charge in [0.2, 0.25) is 5.79 Å². The van der Waals surface area contributed by atoms with Crippen molar-refractivity contribution in [3.63, 3.8) is 0 Å². The van der Waals surface area contributed by atoms with Gasteiger partial charge in [-0.3, -0.25) is 0 Å². The molecule has 4 nitrogen and oxygen atoms in total. The summed E-state index contributed by atoms with van der Waals surface area (Å²) in [7, 11) is 0. The first-order valence-corrected chi connectivity index (χ1v) is 5.87. The van der Waals surface area contributed by atoms with Crippen molar-refractivity contribution in [2.75, 3.05) is 0 Å². The van der Waals surface area contributed by atoms with Crippen LogP contribution in [0.15, 0.2) is 24.0 Å². The second-order valence-electron chi connectivity index (χ2n) is 4.65. The first-order chi connectivity index (χ1) is 7.89. The van der Waals surface area contributed by atoms with E-state index in [0.29, 0.717) is 5.76 Å². The van der Waals surface area contributed by atoms with Crippen LogP contribution in [0.2, 0.25) is 0 Å². The summed E-state index contributed by atoms with van der Waals surface area (Å²) in [5.41, 5.74) is 0. The molecule has 96 valence electrons. The minimum Gasteiger partial charge on any atom is -0.453 e. The van der Waals surface area contributed by atoms with Gasteiger partial charge in [0.25, 0.3) is 0 Å².